The summed E-state index contributed by atoms with van der Waals surface area (Å²) in [6, 6.07) is 2.70. The maximum atomic E-state index is 14.4. The van der Waals surface area contributed by atoms with E-state index in [1.807, 2.05) is 6.92 Å². The van der Waals surface area contributed by atoms with E-state index in [2.05, 4.69) is 0 Å². The number of ether oxygens (including phenoxy) is 9. The number of carbonyl (C=O) groups is 5. The molecule has 18 nitrogen and oxygen atoms in total. The van der Waals surface area contributed by atoms with Gasteiger partial charge in [-0.25, -0.2) is 0 Å². The Labute approximate surface area is 386 Å². The predicted octanol–water partition coefficient (Wildman–Crippen LogP) is 3.39. The van der Waals surface area contributed by atoms with E-state index in [9.17, 15) is 44.4 Å². The number of fused-ring (bicyclic) bond motifs is 3. The smallest absolute Gasteiger partial charge is 0.198 e. The standard InChI is InChI=1S/C49H58O18/c1-22-30(50)9-13-37(60-22)64-33-11-15-39(62-24(33)3)66-46-26(5)59-35(19-32(46)52)27-7-8-28-41(43(27)54)44(55)29-17-18-48(57)21-47(6,20-36(53)49(48,58)42(29)45(28)56)67-40-16-12-34(25(4)63-40)65-38-14-10-31(51)23(2)61-38/h7-10,13-14,17-18,22-26,32-35,37-40,46,52,54,57-58H,11-12,15-16,19-21H2,1-6H3. The molecule has 4 N–H and O–H groups in total. The molecule has 0 radical (unpaired) electrons. The molecule has 5 aliphatic heterocycles. The van der Waals surface area contributed by atoms with Gasteiger partial charge in [0.2, 0.25) is 0 Å². The summed E-state index contributed by atoms with van der Waals surface area (Å²) in [5.41, 5.74) is -8.05. The first-order valence-corrected chi connectivity index (χ1v) is 23.1. The average Bonchev–Trinajstić information content (AvgIpc) is 3.26. The van der Waals surface area contributed by atoms with Gasteiger partial charge in [-0.3, -0.25) is 24.0 Å². The highest BCUT2D eigenvalue weighted by Gasteiger charge is 2.67. The predicted molar refractivity (Wildman–Crippen MR) is 229 cm³/mol. The molecule has 0 aromatic heterocycles. The van der Waals surface area contributed by atoms with E-state index in [0.29, 0.717) is 25.7 Å². The van der Waals surface area contributed by atoms with Crippen LogP contribution in [0.2, 0.25) is 0 Å². The van der Waals surface area contributed by atoms with Crippen LogP contribution in [0.5, 0.6) is 5.75 Å². The molecule has 5 heterocycles. The molecule has 67 heavy (non-hydrogen) atoms. The van der Waals surface area contributed by atoms with Gasteiger partial charge in [0.15, 0.2) is 59.7 Å². The van der Waals surface area contributed by atoms with Crippen LogP contribution in [0.25, 0.3) is 0 Å². The van der Waals surface area contributed by atoms with Crippen molar-refractivity contribution in [3.63, 3.8) is 0 Å². The van der Waals surface area contributed by atoms with Crippen molar-refractivity contribution in [3.05, 3.63) is 76.4 Å². The number of aromatic hydroxyl groups is 1. The molecule has 362 valence electrons. The summed E-state index contributed by atoms with van der Waals surface area (Å²) >= 11 is 0. The Morgan fingerprint density at radius 2 is 1.30 bits per heavy atom. The zero-order valence-electron chi connectivity index (χ0n) is 38.2. The summed E-state index contributed by atoms with van der Waals surface area (Å²) in [6.45, 7) is 10.2. The molecule has 1 aromatic carbocycles. The number of hydrogen-bond donors (Lipinski definition) is 4. The third-order valence-electron chi connectivity index (χ3n) is 14.4. The fourth-order valence-electron chi connectivity index (χ4n) is 10.7. The van der Waals surface area contributed by atoms with E-state index in [1.165, 1.54) is 30.4 Å². The Kier molecular flexibility index (Phi) is 12.9. The normalized spacial score (nSPS) is 43.3. The molecular weight excluding hydrogens is 877 g/mol. The van der Waals surface area contributed by atoms with Gasteiger partial charge < -0.3 is 63.1 Å². The van der Waals surface area contributed by atoms with E-state index >= 15 is 0 Å². The molecule has 4 fully saturated rings. The first kappa shape index (κ1) is 47.9. The number of phenolic OH excluding ortho intramolecular Hbond substituents is 1. The largest absolute Gasteiger partial charge is 0.507 e. The van der Waals surface area contributed by atoms with Gasteiger partial charge in [0.1, 0.15) is 29.7 Å². The molecule has 0 spiro atoms. The summed E-state index contributed by atoms with van der Waals surface area (Å²) in [6.07, 6.45) is -0.115. The minimum atomic E-state index is -2.83. The third-order valence-corrected chi connectivity index (χ3v) is 14.4. The number of Topliss-reactive ketones (excluding diaryl/α,β-unsaturated/α-hetero) is 3. The maximum Gasteiger partial charge on any atom is 0.198 e. The minimum absolute atomic E-state index is 0.0512. The van der Waals surface area contributed by atoms with Gasteiger partial charge in [-0.1, -0.05) is 12.1 Å². The lowest BCUT2D eigenvalue weighted by Crippen LogP contribution is -2.69. The topological polar surface area (TPSA) is 249 Å². The molecule has 3 saturated heterocycles. The van der Waals surface area contributed by atoms with Crippen molar-refractivity contribution in [1.82, 2.24) is 0 Å². The van der Waals surface area contributed by atoms with E-state index in [4.69, 9.17) is 42.6 Å². The molecule has 8 aliphatic rings. The highest BCUT2D eigenvalue weighted by Crippen LogP contribution is 2.53. The van der Waals surface area contributed by atoms with E-state index in [0.717, 1.165) is 6.08 Å². The van der Waals surface area contributed by atoms with Crippen LogP contribution < -0.4 is 0 Å². The lowest BCUT2D eigenvalue weighted by molar-refractivity contribution is -0.292. The highest BCUT2D eigenvalue weighted by molar-refractivity contribution is 6.32. The van der Waals surface area contributed by atoms with Gasteiger partial charge in [0, 0.05) is 48.8 Å². The second kappa shape index (κ2) is 18.0. The number of carbonyl (C=O) groups excluding carboxylic acids is 5. The van der Waals surface area contributed by atoms with E-state index in [-0.39, 0.29) is 52.8 Å². The number of phenols is 1. The van der Waals surface area contributed by atoms with Crippen molar-refractivity contribution >= 4 is 28.9 Å². The SMILES string of the molecule is CC1OC(OC2CCC(OC3C(O)CC(c4ccc5c(c4O)C(=O)C4=C(C5=O)C5(O)C(=O)CC(C)(OC6CCC(OC7C=CC(=O)C(C)O7)C(C)O6)CC5(O)C=C4)OC3C)OC2C)C=CC1=O. The zero-order chi connectivity index (χ0) is 47.9. The summed E-state index contributed by atoms with van der Waals surface area (Å²) in [7, 11) is 0. The fourth-order valence-corrected chi connectivity index (χ4v) is 10.7. The number of allylic oxidation sites excluding steroid dienone is 2. The molecule has 18 heteroatoms. The molecule has 1 saturated carbocycles. The van der Waals surface area contributed by atoms with Crippen LogP contribution in [0.3, 0.4) is 0 Å². The minimum Gasteiger partial charge on any atom is -0.507 e. The van der Waals surface area contributed by atoms with E-state index < -0.39 is 132 Å². The molecule has 9 rings (SSSR count). The lowest BCUT2D eigenvalue weighted by atomic mass is 9.57. The number of aliphatic hydroxyl groups excluding tert-OH is 1. The van der Waals surface area contributed by atoms with Gasteiger partial charge in [-0.2, -0.15) is 0 Å². The Balaban J connectivity index is 0.843. The quantitative estimate of drug-likeness (QED) is 0.277. The fraction of sp³-hybridized carbons (Fsp3) is 0.612. The van der Waals surface area contributed by atoms with Gasteiger partial charge in [0.05, 0.1) is 59.5 Å². The Bertz CT molecular complexity index is 2320. The second-order valence-corrected chi connectivity index (χ2v) is 19.3. The lowest BCUT2D eigenvalue weighted by Gasteiger charge is -2.53. The first-order valence-electron chi connectivity index (χ1n) is 23.1. The molecule has 0 bridgehead atoms. The summed E-state index contributed by atoms with van der Waals surface area (Å²) < 4.78 is 54.4. The van der Waals surface area contributed by atoms with Gasteiger partial charge >= 0.3 is 0 Å². The maximum absolute atomic E-state index is 14.4. The van der Waals surface area contributed by atoms with Crippen LogP contribution in [-0.2, 0) is 57.0 Å². The van der Waals surface area contributed by atoms with Crippen LogP contribution in [-0.4, -0.2) is 146 Å². The van der Waals surface area contributed by atoms with Gasteiger partial charge in [-0.15, -0.1) is 0 Å². The second-order valence-electron chi connectivity index (χ2n) is 19.3. The van der Waals surface area contributed by atoms with Crippen LogP contribution in [0, 0.1) is 0 Å². The zero-order valence-corrected chi connectivity index (χ0v) is 38.2. The van der Waals surface area contributed by atoms with Gasteiger partial charge in [-0.05, 0) is 90.8 Å². The molecular formula is C49H58O18. The molecule has 17 unspecified atom stereocenters. The average molecular weight is 935 g/mol. The number of ketones is 5. The molecule has 1 aromatic rings. The van der Waals surface area contributed by atoms with Crippen molar-refractivity contribution in [2.24, 2.45) is 0 Å². The molecule has 3 aliphatic carbocycles. The summed E-state index contributed by atoms with van der Waals surface area (Å²) in [4.78, 5) is 66.5. The van der Waals surface area contributed by atoms with Crippen molar-refractivity contribution in [3.8, 4) is 5.75 Å². The molecule has 0 amide bonds. The Hall–Kier alpha value is -4.15. The van der Waals surface area contributed by atoms with Gasteiger partial charge in [0.25, 0.3) is 0 Å². The van der Waals surface area contributed by atoms with Crippen LogP contribution in [0.1, 0.15) is 119 Å². The summed E-state index contributed by atoms with van der Waals surface area (Å²) in [5.74, 6) is -3.57. The van der Waals surface area contributed by atoms with Crippen molar-refractivity contribution in [2.75, 3.05) is 0 Å². The number of benzene rings is 1. The van der Waals surface area contributed by atoms with Crippen LogP contribution in [0.15, 0.2) is 59.7 Å². The van der Waals surface area contributed by atoms with Crippen LogP contribution in [0.4, 0.5) is 0 Å². The first-order chi connectivity index (χ1) is 31.7. The van der Waals surface area contributed by atoms with Crippen LogP contribution >= 0.6 is 0 Å². The van der Waals surface area contributed by atoms with Crippen molar-refractivity contribution in [2.45, 2.75) is 189 Å². The summed E-state index contributed by atoms with van der Waals surface area (Å²) in [5, 5.41) is 47.6. The monoisotopic (exact) mass is 934 g/mol. The van der Waals surface area contributed by atoms with Crippen molar-refractivity contribution < 1.29 is 87.0 Å². The molecule has 17 atom stereocenters. The third kappa shape index (κ3) is 8.67. The Morgan fingerprint density at radius 3 is 1.88 bits per heavy atom. The van der Waals surface area contributed by atoms with E-state index in [1.54, 1.807) is 46.8 Å². The number of aliphatic hydroxyl groups is 3. The number of hydrogen-bond acceptors (Lipinski definition) is 18. The van der Waals surface area contributed by atoms with Crippen molar-refractivity contribution in [1.29, 1.82) is 0 Å². The highest BCUT2D eigenvalue weighted by atomic mass is 16.7. The number of rotatable bonds is 9. The Morgan fingerprint density at radius 1 is 0.701 bits per heavy atom.